The number of rotatable bonds is 18. The Morgan fingerprint density at radius 3 is 0.919 bits per heavy atom. The van der Waals surface area contributed by atoms with Crippen LogP contribution in [-0.4, -0.2) is 28.4 Å². The van der Waals surface area contributed by atoms with Crippen molar-refractivity contribution < 1.29 is 18.9 Å². The number of nitrogens with zero attached hydrogens (tertiary/aromatic N) is 2. The first-order valence-electron chi connectivity index (χ1n) is 25.3. The van der Waals surface area contributed by atoms with E-state index in [-0.39, 0.29) is 0 Å². The van der Waals surface area contributed by atoms with Gasteiger partial charge in [0.05, 0.1) is 39.8 Å². The molecule has 0 N–H and O–H groups in total. The third-order valence-electron chi connectivity index (χ3n) is 13.7. The normalized spacial score (nSPS) is 11.2. The highest BCUT2D eigenvalue weighted by Gasteiger charge is 2.20. The van der Waals surface area contributed by atoms with Crippen LogP contribution in [0.25, 0.3) is 46.6 Å². The quantitative estimate of drug-likeness (QED) is 0.0798. The van der Waals surface area contributed by atoms with Crippen molar-refractivity contribution in [3.05, 3.63) is 239 Å². The summed E-state index contributed by atoms with van der Waals surface area (Å²) in [5.41, 5.74) is 20.8. The van der Waals surface area contributed by atoms with Gasteiger partial charge in [0.1, 0.15) is 0 Å². The number of anilines is 6. The molecule has 0 aliphatic carbocycles. The molecular formula is C68H64N2O4. The minimum Gasteiger partial charge on any atom is -0.493 e. The van der Waals surface area contributed by atoms with Crippen LogP contribution < -0.4 is 28.7 Å². The van der Waals surface area contributed by atoms with Gasteiger partial charge >= 0.3 is 0 Å². The van der Waals surface area contributed by atoms with Crippen molar-refractivity contribution in [3.63, 3.8) is 0 Å². The minimum atomic E-state index is 0.709. The highest BCUT2D eigenvalue weighted by atomic mass is 16.5. The monoisotopic (exact) mass is 972 g/mol. The summed E-state index contributed by atoms with van der Waals surface area (Å²) < 4.78 is 21.9. The van der Waals surface area contributed by atoms with E-state index in [1.54, 1.807) is 28.4 Å². The molecule has 0 saturated carbocycles. The Morgan fingerprint density at radius 1 is 0.324 bits per heavy atom. The van der Waals surface area contributed by atoms with Gasteiger partial charge in [0, 0.05) is 22.7 Å². The third kappa shape index (κ3) is 11.0. The van der Waals surface area contributed by atoms with E-state index < -0.39 is 0 Å². The first kappa shape index (κ1) is 50.2. The molecule has 0 heterocycles. The second kappa shape index (κ2) is 23.2. The Balaban J connectivity index is 0.951. The SMILES string of the molecule is CCc1cccc(C)c1N(c1ccc(/C=C/c2ccc(OC)c(OC)c2)cc1)c1ccc(-c2ccc(-c3ccc(N(c4ccc(/C=C/c5ccc(OC)c(OC)c5)cc4)c4c(C)cccc4CC)cc3)cc2)cc1. The molecule has 0 unspecified atom stereocenters. The van der Waals surface area contributed by atoms with Gasteiger partial charge in [-0.2, -0.15) is 0 Å². The molecular weight excluding hydrogens is 909 g/mol. The number of para-hydroxylation sites is 2. The van der Waals surface area contributed by atoms with Gasteiger partial charge < -0.3 is 28.7 Å². The van der Waals surface area contributed by atoms with Crippen LogP contribution in [0.2, 0.25) is 0 Å². The van der Waals surface area contributed by atoms with Gasteiger partial charge in [-0.1, -0.05) is 159 Å². The van der Waals surface area contributed by atoms with E-state index in [4.69, 9.17) is 18.9 Å². The number of ether oxygens (including phenoxy) is 4. The minimum absolute atomic E-state index is 0.709. The molecule has 0 atom stereocenters. The second-order valence-electron chi connectivity index (χ2n) is 18.3. The summed E-state index contributed by atoms with van der Waals surface area (Å²) >= 11 is 0. The van der Waals surface area contributed by atoms with E-state index in [1.807, 2.05) is 36.4 Å². The first-order chi connectivity index (χ1) is 36.2. The summed E-state index contributed by atoms with van der Waals surface area (Å²) in [7, 11) is 6.62. The van der Waals surface area contributed by atoms with Crippen molar-refractivity contribution in [2.75, 3.05) is 38.2 Å². The summed E-state index contributed by atoms with van der Waals surface area (Å²) in [6, 6.07) is 69.5. The number of aryl methyl sites for hydroxylation is 4. The molecule has 0 amide bonds. The van der Waals surface area contributed by atoms with Gasteiger partial charge in [-0.25, -0.2) is 0 Å². The largest absolute Gasteiger partial charge is 0.493 e. The lowest BCUT2D eigenvalue weighted by molar-refractivity contribution is 0.355. The topological polar surface area (TPSA) is 43.4 Å². The zero-order chi connectivity index (χ0) is 51.6. The molecule has 9 rings (SSSR count). The van der Waals surface area contributed by atoms with Crippen molar-refractivity contribution in [1.29, 1.82) is 0 Å². The van der Waals surface area contributed by atoms with Crippen LogP contribution in [0, 0.1) is 13.8 Å². The van der Waals surface area contributed by atoms with E-state index in [0.29, 0.717) is 23.0 Å². The van der Waals surface area contributed by atoms with E-state index in [1.165, 1.54) is 44.8 Å². The van der Waals surface area contributed by atoms with Crippen LogP contribution in [0.5, 0.6) is 23.0 Å². The molecule has 74 heavy (non-hydrogen) atoms. The van der Waals surface area contributed by atoms with Crippen LogP contribution in [0.3, 0.4) is 0 Å². The van der Waals surface area contributed by atoms with E-state index >= 15 is 0 Å². The van der Waals surface area contributed by atoms with Gasteiger partial charge in [0.2, 0.25) is 0 Å². The molecule has 0 bridgehead atoms. The Labute approximate surface area is 438 Å². The van der Waals surface area contributed by atoms with Crippen molar-refractivity contribution in [3.8, 4) is 45.3 Å². The zero-order valence-electron chi connectivity index (χ0n) is 43.7. The first-order valence-corrected chi connectivity index (χ1v) is 25.3. The molecule has 0 radical (unpaired) electrons. The molecule has 0 aliphatic rings. The summed E-state index contributed by atoms with van der Waals surface area (Å²) in [4.78, 5) is 4.79. The lowest BCUT2D eigenvalue weighted by atomic mass is 9.98. The molecule has 9 aromatic rings. The van der Waals surface area contributed by atoms with Gasteiger partial charge in [-0.15, -0.1) is 0 Å². The van der Waals surface area contributed by atoms with Crippen LogP contribution in [0.1, 0.15) is 58.4 Å². The number of benzene rings is 9. The van der Waals surface area contributed by atoms with Crippen LogP contribution in [0.4, 0.5) is 34.1 Å². The fourth-order valence-electron chi connectivity index (χ4n) is 9.69. The zero-order valence-corrected chi connectivity index (χ0v) is 43.7. The molecule has 6 nitrogen and oxygen atoms in total. The highest BCUT2D eigenvalue weighted by Crippen LogP contribution is 2.42. The van der Waals surface area contributed by atoms with Crippen LogP contribution >= 0.6 is 0 Å². The Bertz CT molecular complexity index is 3160. The fourth-order valence-corrected chi connectivity index (χ4v) is 9.69. The molecule has 9 aromatic carbocycles. The van der Waals surface area contributed by atoms with Gasteiger partial charge in [0.25, 0.3) is 0 Å². The van der Waals surface area contributed by atoms with Gasteiger partial charge in [0.15, 0.2) is 23.0 Å². The third-order valence-corrected chi connectivity index (χ3v) is 13.7. The summed E-state index contributed by atoms with van der Waals surface area (Å²) in [5.74, 6) is 2.84. The molecule has 0 fully saturated rings. The van der Waals surface area contributed by atoms with Crippen LogP contribution in [-0.2, 0) is 12.8 Å². The van der Waals surface area contributed by atoms with E-state index in [0.717, 1.165) is 69.0 Å². The number of hydrogen-bond donors (Lipinski definition) is 0. The summed E-state index contributed by atoms with van der Waals surface area (Å²) in [5, 5.41) is 0. The average molecular weight is 973 g/mol. The predicted octanol–water partition coefficient (Wildman–Crippen LogP) is 18.1. The van der Waals surface area contributed by atoms with Crippen molar-refractivity contribution in [1.82, 2.24) is 0 Å². The van der Waals surface area contributed by atoms with E-state index in [9.17, 15) is 0 Å². The second-order valence-corrected chi connectivity index (χ2v) is 18.3. The van der Waals surface area contributed by atoms with Crippen molar-refractivity contribution in [2.45, 2.75) is 40.5 Å². The lowest BCUT2D eigenvalue weighted by Crippen LogP contribution is -2.13. The summed E-state index contributed by atoms with van der Waals surface area (Å²) in [6.45, 7) is 8.86. The maximum Gasteiger partial charge on any atom is 0.161 e. The Hall–Kier alpha value is -8.74. The molecule has 0 aliphatic heterocycles. The number of methoxy groups -OCH3 is 4. The Morgan fingerprint density at radius 2 is 0.608 bits per heavy atom. The number of hydrogen-bond acceptors (Lipinski definition) is 6. The van der Waals surface area contributed by atoms with E-state index in [2.05, 4.69) is 220 Å². The maximum atomic E-state index is 5.53. The smallest absolute Gasteiger partial charge is 0.161 e. The lowest BCUT2D eigenvalue weighted by Gasteiger charge is -2.29. The van der Waals surface area contributed by atoms with Crippen molar-refractivity contribution >= 4 is 58.4 Å². The van der Waals surface area contributed by atoms with Gasteiger partial charge in [-0.05, 0) is 166 Å². The van der Waals surface area contributed by atoms with Crippen molar-refractivity contribution in [2.24, 2.45) is 0 Å². The van der Waals surface area contributed by atoms with Crippen LogP contribution in [0.15, 0.2) is 194 Å². The van der Waals surface area contributed by atoms with Gasteiger partial charge in [-0.3, -0.25) is 0 Å². The fraction of sp³-hybridized carbons (Fsp3) is 0.147. The molecule has 370 valence electrons. The molecule has 0 saturated heterocycles. The Kier molecular flexibility index (Phi) is 15.7. The molecule has 6 heteroatoms. The maximum absolute atomic E-state index is 5.53. The molecule has 0 spiro atoms. The molecule has 0 aromatic heterocycles. The predicted molar refractivity (Wildman–Crippen MR) is 312 cm³/mol. The average Bonchev–Trinajstić information content (AvgIpc) is 3.45. The standard InChI is InChI=1S/C68H64N2O4/c1-9-53-15-11-13-47(3)67(53)69(59-35-21-49(22-36-59)17-19-51-25-43-63(71-5)65(45-51)73-7)61-39-31-57(32-40-61)55-27-29-56(30-28-55)58-33-41-62(42-34-58)70(68-48(4)14-12-16-54(68)10-2)60-37-23-50(24-38-60)18-20-52-26-44-64(72-6)66(46-52)74-8/h11-46H,9-10H2,1-8H3/b19-17+,20-18+. The summed E-state index contributed by atoms with van der Waals surface area (Å²) in [6.07, 6.45) is 10.3. The highest BCUT2D eigenvalue weighted by molar-refractivity contribution is 5.85.